The van der Waals surface area contributed by atoms with Gasteiger partial charge >= 0.3 is 0 Å². The molecule has 0 bridgehead atoms. The van der Waals surface area contributed by atoms with Gasteiger partial charge in [0.1, 0.15) is 5.82 Å². The number of nitrogens with one attached hydrogen (secondary N) is 1. The molecule has 2 rings (SSSR count). The number of hydrogen-bond acceptors (Lipinski definition) is 3. The molecule has 0 radical (unpaired) electrons. The number of nitrogens with zero attached hydrogens (tertiary/aromatic N) is 2. The Labute approximate surface area is 123 Å². The minimum Gasteiger partial charge on any atom is -0.357 e. The quantitative estimate of drug-likeness (QED) is 0.893. The van der Waals surface area contributed by atoms with E-state index in [0.717, 1.165) is 43.7 Å². The van der Waals surface area contributed by atoms with Crippen LogP contribution in [0, 0.1) is 18.8 Å². The second-order valence-electron chi connectivity index (χ2n) is 6.32. The van der Waals surface area contributed by atoms with Gasteiger partial charge in [0.15, 0.2) is 0 Å². The van der Waals surface area contributed by atoms with E-state index < -0.39 is 0 Å². The van der Waals surface area contributed by atoms with Gasteiger partial charge in [-0.05, 0) is 55.8 Å². The highest BCUT2D eigenvalue weighted by atomic mass is 15.2. The maximum Gasteiger partial charge on any atom is 0.129 e. The summed E-state index contributed by atoms with van der Waals surface area (Å²) in [5.41, 5.74) is 2.47. The molecule has 1 fully saturated rings. The van der Waals surface area contributed by atoms with Crippen molar-refractivity contribution in [1.82, 2.24) is 10.3 Å². The van der Waals surface area contributed by atoms with Crippen LogP contribution in [0.15, 0.2) is 12.1 Å². The molecule has 1 aliphatic rings. The Kier molecular flexibility index (Phi) is 5.41. The third kappa shape index (κ3) is 3.95. The van der Waals surface area contributed by atoms with Crippen LogP contribution in [0.1, 0.15) is 44.9 Å². The van der Waals surface area contributed by atoms with Gasteiger partial charge in [-0.3, -0.25) is 0 Å². The normalized spacial score (nSPS) is 16.9. The summed E-state index contributed by atoms with van der Waals surface area (Å²) in [4.78, 5) is 7.19. The molecule has 0 amide bonds. The fourth-order valence-corrected chi connectivity index (χ4v) is 3.05. The van der Waals surface area contributed by atoms with Crippen molar-refractivity contribution in [2.45, 2.75) is 47.1 Å². The zero-order valence-electron chi connectivity index (χ0n) is 13.4. The molecule has 0 spiro atoms. The summed E-state index contributed by atoms with van der Waals surface area (Å²) in [5, 5.41) is 3.40. The van der Waals surface area contributed by atoms with E-state index in [0.29, 0.717) is 0 Å². The van der Waals surface area contributed by atoms with Gasteiger partial charge in [0, 0.05) is 25.3 Å². The van der Waals surface area contributed by atoms with Crippen LogP contribution in [0.3, 0.4) is 0 Å². The Balaban J connectivity index is 2.03. The molecule has 20 heavy (non-hydrogen) atoms. The maximum absolute atomic E-state index is 4.73. The summed E-state index contributed by atoms with van der Waals surface area (Å²) in [5.74, 6) is 2.87. The smallest absolute Gasteiger partial charge is 0.129 e. The van der Waals surface area contributed by atoms with Crippen molar-refractivity contribution in [1.29, 1.82) is 0 Å². The number of rotatable bonds is 5. The summed E-state index contributed by atoms with van der Waals surface area (Å²) in [7, 11) is 0. The topological polar surface area (TPSA) is 28.2 Å². The van der Waals surface area contributed by atoms with Gasteiger partial charge in [-0.15, -0.1) is 0 Å². The van der Waals surface area contributed by atoms with Crippen LogP contribution in [0.4, 0.5) is 5.82 Å². The SMILES string of the molecule is CCNCc1cc(C)nc(N2CCC(C(C)C)CC2)c1. The largest absolute Gasteiger partial charge is 0.357 e. The Hall–Kier alpha value is -1.09. The first-order valence-electron chi connectivity index (χ1n) is 8.03. The van der Waals surface area contributed by atoms with Gasteiger partial charge in [0.05, 0.1) is 0 Å². The first kappa shape index (κ1) is 15.3. The number of pyridine rings is 1. The van der Waals surface area contributed by atoms with Gasteiger partial charge in [0.25, 0.3) is 0 Å². The van der Waals surface area contributed by atoms with E-state index in [1.54, 1.807) is 0 Å². The molecule has 1 saturated heterocycles. The highest BCUT2D eigenvalue weighted by Crippen LogP contribution is 2.27. The molecule has 0 aromatic carbocycles. The highest BCUT2D eigenvalue weighted by Gasteiger charge is 2.22. The third-order valence-electron chi connectivity index (χ3n) is 4.39. The van der Waals surface area contributed by atoms with Crippen LogP contribution in [0.5, 0.6) is 0 Å². The molecule has 3 nitrogen and oxygen atoms in total. The van der Waals surface area contributed by atoms with E-state index in [2.05, 4.69) is 50.0 Å². The second-order valence-corrected chi connectivity index (χ2v) is 6.32. The minimum atomic E-state index is 0.812. The van der Waals surface area contributed by atoms with Gasteiger partial charge < -0.3 is 10.2 Å². The summed E-state index contributed by atoms with van der Waals surface area (Å²) in [6.07, 6.45) is 2.60. The Morgan fingerprint density at radius 2 is 2.00 bits per heavy atom. The fourth-order valence-electron chi connectivity index (χ4n) is 3.05. The number of aryl methyl sites for hydroxylation is 1. The van der Waals surface area contributed by atoms with Crippen LogP contribution >= 0.6 is 0 Å². The average Bonchev–Trinajstić information content (AvgIpc) is 2.44. The third-order valence-corrected chi connectivity index (χ3v) is 4.39. The van der Waals surface area contributed by atoms with Gasteiger partial charge in [0.2, 0.25) is 0 Å². The summed E-state index contributed by atoms with van der Waals surface area (Å²) < 4.78 is 0. The fraction of sp³-hybridized carbons (Fsp3) is 0.706. The molecule has 1 N–H and O–H groups in total. The van der Waals surface area contributed by atoms with E-state index in [4.69, 9.17) is 4.98 Å². The zero-order valence-corrected chi connectivity index (χ0v) is 13.4. The monoisotopic (exact) mass is 275 g/mol. The average molecular weight is 275 g/mol. The van der Waals surface area contributed by atoms with E-state index in [9.17, 15) is 0 Å². The molecule has 2 heterocycles. The number of aromatic nitrogens is 1. The lowest BCUT2D eigenvalue weighted by molar-refractivity contribution is 0.310. The lowest BCUT2D eigenvalue weighted by Gasteiger charge is -2.35. The van der Waals surface area contributed by atoms with Crippen molar-refractivity contribution >= 4 is 5.82 Å². The molecule has 112 valence electrons. The molecule has 1 aromatic rings. The first-order chi connectivity index (χ1) is 9.60. The maximum atomic E-state index is 4.73. The Bertz CT molecular complexity index is 420. The summed E-state index contributed by atoms with van der Waals surface area (Å²) in [6, 6.07) is 4.44. The van der Waals surface area contributed by atoms with E-state index in [-0.39, 0.29) is 0 Å². The molecule has 1 aromatic heterocycles. The van der Waals surface area contributed by atoms with Crippen molar-refractivity contribution in [3.05, 3.63) is 23.4 Å². The van der Waals surface area contributed by atoms with Crippen molar-refractivity contribution < 1.29 is 0 Å². The van der Waals surface area contributed by atoms with Crippen LogP contribution < -0.4 is 10.2 Å². The molecule has 0 aliphatic carbocycles. The standard InChI is InChI=1S/C17H29N3/c1-5-18-12-15-10-14(4)19-17(11-15)20-8-6-16(7-9-20)13(2)3/h10-11,13,16,18H,5-9,12H2,1-4H3. The Morgan fingerprint density at radius 3 is 2.60 bits per heavy atom. The van der Waals surface area contributed by atoms with Crippen LogP contribution in [0.2, 0.25) is 0 Å². The Morgan fingerprint density at radius 1 is 1.30 bits per heavy atom. The van der Waals surface area contributed by atoms with Crippen molar-refractivity contribution in [2.75, 3.05) is 24.5 Å². The molecule has 0 atom stereocenters. The highest BCUT2D eigenvalue weighted by molar-refractivity contribution is 5.43. The number of piperidine rings is 1. The number of anilines is 1. The van der Waals surface area contributed by atoms with E-state index in [1.807, 2.05) is 0 Å². The minimum absolute atomic E-state index is 0.812. The van der Waals surface area contributed by atoms with Gasteiger partial charge in [-0.2, -0.15) is 0 Å². The zero-order chi connectivity index (χ0) is 14.5. The molecule has 1 aliphatic heterocycles. The van der Waals surface area contributed by atoms with Gasteiger partial charge in [-0.1, -0.05) is 20.8 Å². The number of hydrogen-bond donors (Lipinski definition) is 1. The lowest BCUT2D eigenvalue weighted by atomic mass is 9.87. The summed E-state index contributed by atoms with van der Waals surface area (Å²) in [6.45, 7) is 13.2. The van der Waals surface area contributed by atoms with Crippen molar-refractivity contribution in [2.24, 2.45) is 11.8 Å². The van der Waals surface area contributed by atoms with Crippen LogP contribution in [-0.4, -0.2) is 24.6 Å². The second kappa shape index (κ2) is 7.07. The van der Waals surface area contributed by atoms with Gasteiger partial charge in [-0.25, -0.2) is 4.98 Å². The molecular weight excluding hydrogens is 246 g/mol. The first-order valence-corrected chi connectivity index (χ1v) is 8.03. The molecular formula is C17H29N3. The molecule has 0 saturated carbocycles. The predicted octanol–water partition coefficient (Wildman–Crippen LogP) is 3.37. The van der Waals surface area contributed by atoms with E-state index in [1.165, 1.54) is 24.2 Å². The van der Waals surface area contributed by atoms with Crippen LogP contribution in [-0.2, 0) is 6.54 Å². The van der Waals surface area contributed by atoms with Crippen molar-refractivity contribution in [3.63, 3.8) is 0 Å². The van der Waals surface area contributed by atoms with Crippen LogP contribution in [0.25, 0.3) is 0 Å². The predicted molar refractivity (Wildman–Crippen MR) is 86.1 cm³/mol. The molecule has 0 unspecified atom stereocenters. The van der Waals surface area contributed by atoms with Crippen molar-refractivity contribution in [3.8, 4) is 0 Å². The summed E-state index contributed by atoms with van der Waals surface area (Å²) >= 11 is 0. The van der Waals surface area contributed by atoms with E-state index >= 15 is 0 Å². The molecule has 3 heteroatoms. The lowest BCUT2D eigenvalue weighted by Crippen LogP contribution is -2.35.